The molecule has 0 saturated heterocycles. The van der Waals surface area contributed by atoms with Crippen LogP contribution < -0.4 is 16.1 Å². The van der Waals surface area contributed by atoms with Crippen LogP contribution in [0.4, 0.5) is 5.69 Å². The van der Waals surface area contributed by atoms with Crippen molar-refractivity contribution in [2.24, 2.45) is 5.92 Å². The minimum atomic E-state index is -0.381. The summed E-state index contributed by atoms with van der Waals surface area (Å²) in [6.45, 7) is 4.71. The lowest BCUT2D eigenvalue weighted by atomic mass is 10.0. The van der Waals surface area contributed by atoms with E-state index in [1.807, 2.05) is 24.3 Å². The number of hydrogen-bond donors (Lipinski definition) is 4. The average Bonchev–Trinajstić information content (AvgIpc) is 3.31. The van der Waals surface area contributed by atoms with Gasteiger partial charge in [0.2, 0.25) is 11.8 Å². The number of esters is 1. The van der Waals surface area contributed by atoms with Gasteiger partial charge in [0.25, 0.3) is 0 Å². The Morgan fingerprint density at radius 1 is 1.03 bits per heavy atom. The fraction of sp³-hybridized carbons (Fsp3) is 0.654. The Morgan fingerprint density at radius 3 is 2.35 bits per heavy atom. The molecule has 8 nitrogen and oxygen atoms in total. The standard InChI is InChI=1S/C26H41N3O5/c1-19(2)16-23(26(32)34-22-12-7-8-13-22)27-18-20-10-9-11-21(17-20)28-24(30)14-5-3-4-6-15-25(31)29-33/h9-11,17,19,22-23,27,33H,3-8,12-16,18H2,1-2H3,(H,28,30)(H,29,31)/t23-/m1/s1. The highest BCUT2D eigenvalue weighted by Crippen LogP contribution is 2.22. The molecule has 0 heterocycles. The molecule has 0 aromatic heterocycles. The van der Waals surface area contributed by atoms with Gasteiger partial charge in [-0.3, -0.25) is 19.6 Å². The summed E-state index contributed by atoms with van der Waals surface area (Å²) in [7, 11) is 0. The van der Waals surface area contributed by atoms with Gasteiger partial charge in [0, 0.05) is 25.1 Å². The van der Waals surface area contributed by atoms with Crippen LogP contribution >= 0.6 is 0 Å². The van der Waals surface area contributed by atoms with Gasteiger partial charge in [0.05, 0.1) is 0 Å². The fourth-order valence-electron chi connectivity index (χ4n) is 4.19. The first kappa shape index (κ1) is 27.8. The first-order chi connectivity index (χ1) is 16.4. The summed E-state index contributed by atoms with van der Waals surface area (Å²) in [5.41, 5.74) is 3.34. The number of hydrogen-bond acceptors (Lipinski definition) is 6. The van der Waals surface area contributed by atoms with Crippen LogP contribution in [-0.2, 0) is 25.7 Å². The van der Waals surface area contributed by atoms with Gasteiger partial charge in [-0.25, -0.2) is 5.48 Å². The zero-order chi connectivity index (χ0) is 24.8. The maximum Gasteiger partial charge on any atom is 0.323 e. The second-order valence-corrected chi connectivity index (χ2v) is 9.60. The maximum atomic E-state index is 12.7. The van der Waals surface area contributed by atoms with Crippen molar-refractivity contribution in [2.75, 3.05) is 5.32 Å². The summed E-state index contributed by atoms with van der Waals surface area (Å²) in [6.07, 6.45) is 8.78. The molecule has 1 saturated carbocycles. The monoisotopic (exact) mass is 475 g/mol. The van der Waals surface area contributed by atoms with Gasteiger partial charge in [-0.2, -0.15) is 0 Å². The largest absolute Gasteiger partial charge is 0.461 e. The number of carbonyl (C=O) groups is 3. The number of anilines is 1. The average molecular weight is 476 g/mol. The summed E-state index contributed by atoms with van der Waals surface area (Å²) >= 11 is 0. The lowest BCUT2D eigenvalue weighted by Crippen LogP contribution is -2.40. The van der Waals surface area contributed by atoms with Crippen molar-refractivity contribution in [1.29, 1.82) is 0 Å². The second-order valence-electron chi connectivity index (χ2n) is 9.60. The van der Waals surface area contributed by atoms with E-state index >= 15 is 0 Å². The topological polar surface area (TPSA) is 117 Å². The number of benzene rings is 1. The van der Waals surface area contributed by atoms with Crippen LogP contribution in [0.2, 0.25) is 0 Å². The van der Waals surface area contributed by atoms with Crippen LogP contribution in [0.1, 0.15) is 90.0 Å². The van der Waals surface area contributed by atoms with Crippen LogP contribution in [-0.4, -0.2) is 35.1 Å². The number of rotatable bonds is 15. The van der Waals surface area contributed by atoms with Crippen molar-refractivity contribution in [3.63, 3.8) is 0 Å². The minimum Gasteiger partial charge on any atom is -0.461 e. The van der Waals surface area contributed by atoms with Crippen LogP contribution in [0.3, 0.4) is 0 Å². The summed E-state index contributed by atoms with van der Waals surface area (Å²) in [4.78, 5) is 35.9. The molecule has 0 bridgehead atoms. The Bertz CT molecular complexity index is 777. The van der Waals surface area contributed by atoms with Gasteiger partial charge in [0.1, 0.15) is 12.1 Å². The predicted octanol–water partition coefficient (Wildman–Crippen LogP) is 4.46. The van der Waals surface area contributed by atoms with Gasteiger partial charge in [-0.05, 0) is 68.6 Å². The normalized spacial score (nSPS) is 14.7. The number of carbonyl (C=O) groups excluding carboxylic acids is 3. The lowest BCUT2D eigenvalue weighted by molar-refractivity contribution is -0.151. The SMILES string of the molecule is CC(C)C[C@@H](NCc1cccc(NC(=O)CCCCCCC(=O)NO)c1)C(=O)OC1CCCC1. The molecule has 34 heavy (non-hydrogen) atoms. The minimum absolute atomic E-state index is 0.0453. The molecule has 0 radical (unpaired) electrons. The molecule has 1 atom stereocenters. The van der Waals surface area contributed by atoms with Crippen molar-refractivity contribution in [3.05, 3.63) is 29.8 Å². The zero-order valence-electron chi connectivity index (χ0n) is 20.6. The Kier molecular flexibility index (Phi) is 12.6. The van der Waals surface area contributed by atoms with Gasteiger partial charge in [-0.1, -0.05) is 38.8 Å². The van der Waals surface area contributed by atoms with E-state index in [1.165, 1.54) is 0 Å². The quantitative estimate of drug-likeness (QED) is 0.129. The van der Waals surface area contributed by atoms with Crippen molar-refractivity contribution in [2.45, 2.75) is 103 Å². The van der Waals surface area contributed by atoms with E-state index in [-0.39, 0.29) is 29.9 Å². The molecule has 1 aliphatic rings. The summed E-state index contributed by atoms with van der Waals surface area (Å²) in [6, 6.07) is 7.30. The van der Waals surface area contributed by atoms with E-state index in [4.69, 9.17) is 9.94 Å². The van der Waals surface area contributed by atoms with Crippen LogP contribution in [0, 0.1) is 5.92 Å². The highest BCUT2D eigenvalue weighted by molar-refractivity contribution is 5.90. The first-order valence-electron chi connectivity index (χ1n) is 12.6. The molecule has 190 valence electrons. The Morgan fingerprint density at radius 2 is 1.71 bits per heavy atom. The smallest absolute Gasteiger partial charge is 0.323 e. The van der Waals surface area contributed by atoms with Gasteiger partial charge >= 0.3 is 5.97 Å². The van der Waals surface area contributed by atoms with Crippen molar-refractivity contribution >= 4 is 23.5 Å². The third kappa shape index (κ3) is 11.1. The summed E-state index contributed by atoms with van der Waals surface area (Å²) in [5, 5.41) is 14.8. The van der Waals surface area contributed by atoms with Gasteiger partial charge in [0.15, 0.2) is 0 Å². The maximum absolute atomic E-state index is 12.7. The molecule has 1 fully saturated rings. The van der Waals surface area contributed by atoms with E-state index in [0.717, 1.165) is 56.2 Å². The van der Waals surface area contributed by atoms with Crippen molar-refractivity contribution in [1.82, 2.24) is 10.8 Å². The molecule has 2 rings (SSSR count). The zero-order valence-corrected chi connectivity index (χ0v) is 20.6. The van der Waals surface area contributed by atoms with Crippen molar-refractivity contribution in [3.8, 4) is 0 Å². The highest BCUT2D eigenvalue weighted by Gasteiger charge is 2.26. The Balaban J connectivity index is 1.76. The molecule has 8 heteroatoms. The molecule has 2 amide bonds. The van der Waals surface area contributed by atoms with E-state index in [1.54, 1.807) is 5.48 Å². The number of ether oxygens (including phenoxy) is 1. The number of unbranched alkanes of at least 4 members (excludes halogenated alkanes) is 3. The molecule has 0 spiro atoms. The fourth-order valence-corrected chi connectivity index (χ4v) is 4.19. The molecule has 0 unspecified atom stereocenters. The second kappa shape index (κ2) is 15.5. The summed E-state index contributed by atoms with van der Waals surface area (Å²) < 4.78 is 5.73. The molecular weight excluding hydrogens is 434 g/mol. The Labute approximate surface area is 203 Å². The molecule has 1 aromatic rings. The van der Waals surface area contributed by atoms with Crippen LogP contribution in [0.25, 0.3) is 0 Å². The van der Waals surface area contributed by atoms with Crippen LogP contribution in [0.5, 0.6) is 0 Å². The lowest BCUT2D eigenvalue weighted by Gasteiger charge is -2.22. The van der Waals surface area contributed by atoms with E-state index < -0.39 is 0 Å². The highest BCUT2D eigenvalue weighted by atomic mass is 16.5. The van der Waals surface area contributed by atoms with Crippen LogP contribution in [0.15, 0.2) is 24.3 Å². The van der Waals surface area contributed by atoms with E-state index in [9.17, 15) is 14.4 Å². The summed E-state index contributed by atoms with van der Waals surface area (Å²) in [5.74, 6) is -0.225. The number of nitrogens with one attached hydrogen (secondary N) is 3. The van der Waals surface area contributed by atoms with Gasteiger partial charge < -0.3 is 15.4 Å². The number of hydroxylamine groups is 1. The third-order valence-electron chi connectivity index (χ3n) is 6.02. The first-order valence-corrected chi connectivity index (χ1v) is 12.6. The van der Waals surface area contributed by atoms with Gasteiger partial charge in [-0.15, -0.1) is 0 Å². The molecule has 1 aliphatic carbocycles. The van der Waals surface area contributed by atoms with Crippen molar-refractivity contribution < 1.29 is 24.3 Å². The third-order valence-corrected chi connectivity index (χ3v) is 6.02. The molecule has 4 N–H and O–H groups in total. The predicted molar refractivity (Wildman–Crippen MR) is 131 cm³/mol. The van der Waals surface area contributed by atoms with E-state index in [2.05, 4.69) is 24.5 Å². The molecule has 0 aliphatic heterocycles. The molecule has 1 aromatic carbocycles. The number of amides is 2. The Hall–Kier alpha value is -2.45. The molecular formula is C26H41N3O5. The van der Waals surface area contributed by atoms with E-state index in [0.29, 0.717) is 38.1 Å².